The van der Waals surface area contributed by atoms with Crippen LogP contribution in [-0.4, -0.2) is 86.9 Å². The number of aryl methyl sites for hydroxylation is 1. The van der Waals surface area contributed by atoms with E-state index in [1.165, 1.54) is 0 Å². The van der Waals surface area contributed by atoms with E-state index in [4.69, 9.17) is 14.2 Å². The van der Waals surface area contributed by atoms with Crippen LogP contribution < -0.4 is 4.74 Å². The smallest absolute Gasteiger partial charge is 0.191 e. The van der Waals surface area contributed by atoms with Gasteiger partial charge in [0.05, 0.1) is 36.5 Å². The summed E-state index contributed by atoms with van der Waals surface area (Å²) in [6.45, 7) is 11.1. The van der Waals surface area contributed by atoms with Crippen molar-refractivity contribution >= 4 is 21.7 Å². The van der Waals surface area contributed by atoms with Gasteiger partial charge in [0, 0.05) is 32.7 Å². The van der Waals surface area contributed by atoms with Gasteiger partial charge in [0.1, 0.15) is 17.9 Å². The van der Waals surface area contributed by atoms with Crippen LogP contribution in [-0.2, 0) is 9.47 Å². The summed E-state index contributed by atoms with van der Waals surface area (Å²) in [7, 11) is 0. The van der Waals surface area contributed by atoms with Gasteiger partial charge in [-0.2, -0.15) is 0 Å². The Bertz CT molecular complexity index is 729. The quantitative estimate of drug-likeness (QED) is 0.719. The summed E-state index contributed by atoms with van der Waals surface area (Å²) in [5, 5.41) is 0. The Morgan fingerprint density at radius 3 is 2.37 bits per heavy atom. The number of Topliss-reactive ketones (excluding diaryl/α,β-unsaturated/α-hetero) is 1. The van der Waals surface area contributed by atoms with Crippen molar-refractivity contribution in [2.75, 3.05) is 65.8 Å². The van der Waals surface area contributed by atoms with E-state index in [1.807, 2.05) is 19.9 Å². The summed E-state index contributed by atoms with van der Waals surface area (Å²) in [6, 6.07) is 1.99. The number of hydrogen-bond acceptors (Lipinski definition) is 6. The van der Waals surface area contributed by atoms with Crippen LogP contribution in [0.1, 0.15) is 21.5 Å². The average Bonchev–Trinajstić information content (AvgIpc) is 2.70. The van der Waals surface area contributed by atoms with E-state index in [2.05, 4.69) is 25.7 Å². The predicted molar refractivity (Wildman–Crippen MR) is 106 cm³/mol. The summed E-state index contributed by atoms with van der Waals surface area (Å²) in [4.78, 5) is 18.5. The summed E-state index contributed by atoms with van der Waals surface area (Å²) in [6.07, 6.45) is 0. The summed E-state index contributed by atoms with van der Waals surface area (Å²) in [5.74, 6) is 0.856. The average molecular weight is 439 g/mol. The van der Waals surface area contributed by atoms with E-state index in [-0.39, 0.29) is 5.78 Å². The highest BCUT2D eigenvalue weighted by molar-refractivity contribution is 9.10. The number of morpholine rings is 2. The molecular weight excluding hydrogens is 412 g/mol. The molecule has 4 rings (SSSR count). The molecule has 3 aliphatic heterocycles. The summed E-state index contributed by atoms with van der Waals surface area (Å²) in [5.41, 5.74) is 2.24. The molecule has 0 spiro atoms. The van der Waals surface area contributed by atoms with E-state index in [0.717, 1.165) is 41.8 Å². The Kier molecular flexibility index (Phi) is 5.58. The second-order valence-electron chi connectivity index (χ2n) is 7.65. The highest BCUT2D eigenvalue weighted by Crippen LogP contribution is 2.41. The van der Waals surface area contributed by atoms with E-state index in [1.54, 1.807) is 0 Å². The Balaban J connectivity index is 1.73. The standard InChI is InChI=1S/C20H27BrN2O4/c1-14-11-16-18(17(21)15(14)2)27-13-20(19(16)24,23-5-9-26-10-6-23)12-22-3-7-25-8-4-22/h11H,3-10,12-13H2,1-2H3. The first-order valence-electron chi connectivity index (χ1n) is 9.63. The zero-order chi connectivity index (χ0) is 19.0. The van der Waals surface area contributed by atoms with Crippen LogP contribution in [0.5, 0.6) is 5.75 Å². The highest BCUT2D eigenvalue weighted by atomic mass is 79.9. The maximum Gasteiger partial charge on any atom is 0.191 e. The van der Waals surface area contributed by atoms with Crippen LogP contribution in [0.2, 0.25) is 0 Å². The van der Waals surface area contributed by atoms with Gasteiger partial charge < -0.3 is 14.2 Å². The number of carbonyl (C=O) groups is 1. The van der Waals surface area contributed by atoms with Gasteiger partial charge in [-0.05, 0) is 47.0 Å². The molecule has 6 nitrogen and oxygen atoms in total. The topological polar surface area (TPSA) is 51.2 Å². The number of fused-ring (bicyclic) bond motifs is 1. The van der Waals surface area contributed by atoms with Gasteiger partial charge >= 0.3 is 0 Å². The lowest BCUT2D eigenvalue weighted by Crippen LogP contribution is -2.68. The minimum atomic E-state index is -0.671. The van der Waals surface area contributed by atoms with Gasteiger partial charge in [-0.3, -0.25) is 14.6 Å². The zero-order valence-electron chi connectivity index (χ0n) is 16.1. The van der Waals surface area contributed by atoms with Crippen LogP contribution in [0.25, 0.3) is 0 Å². The van der Waals surface area contributed by atoms with Crippen molar-refractivity contribution in [3.63, 3.8) is 0 Å². The number of carbonyl (C=O) groups excluding carboxylic acids is 1. The van der Waals surface area contributed by atoms with Crippen LogP contribution in [0, 0.1) is 13.8 Å². The minimum absolute atomic E-state index is 0.168. The fourth-order valence-corrected chi connectivity index (χ4v) is 4.88. The third kappa shape index (κ3) is 3.44. The van der Waals surface area contributed by atoms with E-state index in [9.17, 15) is 4.79 Å². The Labute approximate surface area is 168 Å². The number of benzene rings is 1. The monoisotopic (exact) mass is 438 g/mol. The van der Waals surface area contributed by atoms with Gasteiger partial charge in [0.15, 0.2) is 5.78 Å². The number of nitrogens with zero attached hydrogens (tertiary/aromatic N) is 2. The third-order valence-corrected chi connectivity index (χ3v) is 7.01. The number of halogens is 1. The van der Waals surface area contributed by atoms with Gasteiger partial charge in [0.25, 0.3) is 0 Å². The molecule has 7 heteroatoms. The van der Waals surface area contributed by atoms with E-state index >= 15 is 0 Å². The van der Waals surface area contributed by atoms with Crippen LogP contribution in [0.15, 0.2) is 10.5 Å². The van der Waals surface area contributed by atoms with Crippen LogP contribution in [0.4, 0.5) is 0 Å². The molecule has 3 aliphatic rings. The van der Waals surface area contributed by atoms with Crippen molar-refractivity contribution in [1.29, 1.82) is 0 Å². The Hall–Kier alpha value is -0.990. The molecule has 27 heavy (non-hydrogen) atoms. The molecule has 0 aromatic heterocycles. The lowest BCUT2D eigenvalue weighted by molar-refractivity contribution is -0.0547. The van der Waals surface area contributed by atoms with Crippen molar-refractivity contribution in [2.45, 2.75) is 19.4 Å². The molecular formula is C20H27BrN2O4. The molecule has 0 N–H and O–H groups in total. The highest BCUT2D eigenvalue weighted by Gasteiger charge is 2.50. The van der Waals surface area contributed by atoms with E-state index in [0.29, 0.717) is 50.9 Å². The fraction of sp³-hybridized carbons (Fsp3) is 0.650. The Morgan fingerprint density at radius 1 is 1.07 bits per heavy atom. The molecule has 2 saturated heterocycles. The summed E-state index contributed by atoms with van der Waals surface area (Å²) >= 11 is 3.64. The molecule has 0 bridgehead atoms. The number of rotatable bonds is 3. The third-order valence-electron chi connectivity index (χ3n) is 6.05. The van der Waals surface area contributed by atoms with Gasteiger partial charge in [-0.15, -0.1) is 0 Å². The first-order chi connectivity index (χ1) is 13.0. The molecule has 1 unspecified atom stereocenters. The molecule has 2 fully saturated rings. The lowest BCUT2D eigenvalue weighted by Gasteiger charge is -2.48. The van der Waals surface area contributed by atoms with Crippen molar-refractivity contribution in [3.05, 3.63) is 27.2 Å². The lowest BCUT2D eigenvalue weighted by atomic mass is 9.83. The van der Waals surface area contributed by atoms with Crippen molar-refractivity contribution in [3.8, 4) is 5.75 Å². The zero-order valence-corrected chi connectivity index (χ0v) is 17.6. The first kappa shape index (κ1) is 19.3. The first-order valence-corrected chi connectivity index (χ1v) is 10.4. The largest absolute Gasteiger partial charge is 0.489 e. The number of ketones is 1. The molecule has 1 atom stereocenters. The SMILES string of the molecule is Cc1cc2c(c(Br)c1C)OCC(CN1CCOCC1)(N1CCOCC1)C2=O. The van der Waals surface area contributed by atoms with Gasteiger partial charge in [-0.1, -0.05) is 0 Å². The van der Waals surface area contributed by atoms with Crippen LogP contribution >= 0.6 is 15.9 Å². The molecule has 0 amide bonds. The van der Waals surface area contributed by atoms with Crippen molar-refractivity contribution in [1.82, 2.24) is 9.80 Å². The molecule has 1 aromatic carbocycles. The van der Waals surface area contributed by atoms with E-state index < -0.39 is 5.54 Å². The molecule has 0 saturated carbocycles. The molecule has 148 valence electrons. The second-order valence-corrected chi connectivity index (χ2v) is 8.44. The maximum absolute atomic E-state index is 13.9. The van der Waals surface area contributed by atoms with Gasteiger partial charge in [-0.25, -0.2) is 0 Å². The molecule has 1 aromatic rings. The normalized spacial score (nSPS) is 27.3. The second kappa shape index (κ2) is 7.79. The van der Waals surface area contributed by atoms with Crippen molar-refractivity contribution < 1.29 is 19.0 Å². The Morgan fingerprint density at radius 2 is 1.70 bits per heavy atom. The molecule has 0 aliphatic carbocycles. The van der Waals surface area contributed by atoms with Crippen molar-refractivity contribution in [2.24, 2.45) is 0 Å². The fourth-order valence-electron chi connectivity index (χ4n) is 4.24. The molecule has 0 radical (unpaired) electrons. The number of ether oxygens (including phenoxy) is 3. The van der Waals surface area contributed by atoms with Crippen LogP contribution in [0.3, 0.4) is 0 Å². The summed E-state index contributed by atoms with van der Waals surface area (Å²) < 4.78 is 18.2. The maximum atomic E-state index is 13.9. The minimum Gasteiger partial charge on any atom is -0.489 e. The number of hydrogen-bond donors (Lipinski definition) is 0. The van der Waals surface area contributed by atoms with Gasteiger partial charge in [0.2, 0.25) is 0 Å². The predicted octanol–water partition coefficient (Wildman–Crippen LogP) is 2.04. The molecule has 3 heterocycles.